The van der Waals surface area contributed by atoms with Crippen LogP contribution in [-0.2, 0) is 0 Å². The van der Waals surface area contributed by atoms with Gasteiger partial charge in [-0.3, -0.25) is 0 Å². The van der Waals surface area contributed by atoms with Crippen LogP contribution in [0.3, 0.4) is 0 Å². The second-order valence-electron chi connectivity index (χ2n) is 4.58. The van der Waals surface area contributed by atoms with Crippen molar-refractivity contribution in [1.29, 1.82) is 0 Å². The highest BCUT2D eigenvalue weighted by Crippen LogP contribution is 2.21. The number of nitrogens with one attached hydrogen (secondary N) is 1. The van der Waals surface area contributed by atoms with Crippen molar-refractivity contribution in [3.05, 3.63) is 0 Å². The third kappa shape index (κ3) is 2.96. The minimum atomic E-state index is 0.810. The molecule has 0 radical (unpaired) electrons. The van der Waals surface area contributed by atoms with Crippen LogP contribution in [0.1, 0.15) is 39.0 Å². The Morgan fingerprint density at radius 3 is 2.77 bits per heavy atom. The topological polar surface area (TPSA) is 15.3 Å². The van der Waals surface area contributed by atoms with Gasteiger partial charge >= 0.3 is 0 Å². The van der Waals surface area contributed by atoms with Crippen LogP contribution in [0.4, 0.5) is 0 Å². The third-order valence-corrected chi connectivity index (χ3v) is 3.15. The average molecular weight is 182 g/mol. The molecule has 1 saturated heterocycles. The predicted molar refractivity (Wildman–Crippen MR) is 55.9 cm³/mol. The first-order chi connectivity index (χ1) is 6.38. The van der Waals surface area contributed by atoms with Crippen LogP contribution in [0.25, 0.3) is 0 Å². The summed E-state index contributed by atoms with van der Waals surface area (Å²) in [6, 6.07) is 1.69. The number of hydrogen-bond donors (Lipinski definition) is 1. The fourth-order valence-electron chi connectivity index (χ4n) is 2.14. The minimum Gasteiger partial charge on any atom is -0.310 e. The number of rotatable bonds is 5. The van der Waals surface area contributed by atoms with Crippen molar-refractivity contribution in [2.75, 3.05) is 19.6 Å². The second-order valence-corrected chi connectivity index (χ2v) is 4.58. The molecule has 1 unspecified atom stereocenters. The molecule has 1 heterocycles. The molecule has 2 heteroatoms. The molecule has 0 aromatic rings. The molecular formula is C11H22N2. The summed E-state index contributed by atoms with van der Waals surface area (Å²) in [5.74, 6) is 0. The largest absolute Gasteiger partial charge is 0.310 e. The lowest BCUT2D eigenvalue weighted by molar-refractivity contribution is 0.321. The molecule has 0 bridgehead atoms. The van der Waals surface area contributed by atoms with E-state index in [1.807, 2.05) is 0 Å². The highest BCUT2D eigenvalue weighted by Gasteiger charge is 2.28. The zero-order valence-corrected chi connectivity index (χ0v) is 8.76. The maximum absolute atomic E-state index is 3.72. The van der Waals surface area contributed by atoms with E-state index in [2.05, 4.69) is 17.1 Å². The Labute approximate surface area is 81.7 Å². The molecule has 1 aliphatic heterocycles. The van der Waals surface area contributed by atoms with Crippen molar-refractivity contribution < 1.29 is 0 Å². The molecule has 1 atom stereocenters. The Hall–Kier alpha value is -0.0800. The summed E-state index contributed by atoms with van der Waals surface area (Å²) >= 11 is 0. The smallest absolute Gasteiger partial charge is 0.0209 e. The molecule has 2 fully saturated rings. The summed E-state index contributed by atoms with van der Waals surface area (Å²) < 4.78 is 0. The van der Waals surface area contributed by atoms with Crippen LogP contribution < -0.4 is 5.32 Å². The number of likely N-dealkylation sites (tertiary alicyclic amines) is 1. The van der Waals surface area contributed by atoms with Gasteiger partial charge in [0.15, 0.2) is 0 Å². The summed E-state index contributed by atoms with van der Waals surface area (Å²) in [6.45, 7) is 6.22. The second kappa shape index (κ2) is 4.43. The lowest BCUT2D eigenvalue weighted by Gasteiger charge is -2.15. The molecular weight excluding hydrogens is 160 g/mol. The molecule has 2 aliphatic rings. The molecule has 76 valence electrons. The summed E-state index contributed by atoms with van der Waals surface area (Å²) in [5, 5.41) is 3.72. The van der Waals surface area contributed by atoms with Gasteiger partial charge in [0, 0.05) is 18.6 Å². The van der Waals surface area contributed by atoms with Crippen molar-refractivity contribution in [2.45, 2.75) is 51.1 Å². The summed E-state index contributed by atoms with van der Waals surface area (Å²) in [4.78, 5) is 2.61. The van der Waals surface area contributed by atoms with Gasteiger partial charge in [0.05, 0.1) is 0 Å². The fraction of sp³-hybridized carbons (Fsp3) is 1.00. The van der Waals surface area contributed by atoms with E-state index in [0.29, 0.717) is 0 Å². The highest BCUT2D eigenvalue weighted by atomic mass is 15.2. The Morgan fingerprint density at radius 2 is 2.08 bits per heavy atom. The first-order valence-corrected chi connectivity index (χ1v) is 5.87. The van der Waals surface area contributed by atoms with Crippen LogP contribution in [-0.4, -0.2) is 36.6 Å². The number of hydrogen-bond acceptors (Lipinski definition) is 2. The van der Waals surface area contributed by atoms with Gasteiger partial charge in [0.2, 0.25) is 0 Å². The van der Waals surface area contributed by atoms with E-state index >= 15 is 0 Å². The first kappa shape index (κ1) is 9.47. The maximum atomic E-state index is 3.72. The normalized spacial score (nSPS) is 29.8. The Bertz CT molecular complexity index is 154. The summed E-state index contributed by atoms with van der Waals surface area (Å²) in [7, 11) is 0. The maximum Gasteiger partial charge on any atom is 0.0209 e. The lowest BCUT2D eigenvalue weighted by atomic mass is 10.2. The van der Waals surface area contributed by atoms with Crippen LogP contribution in [0, 0.1) is 0 Å². The molecule has 1 N–H and O–H groups in total. The van der Waals surface area contributed by atoms with E-state index in [4.69, 9.17) is 0 Å². The van der Waals surface area contributed by atoms with E-state index in [9.17, 15) is 0 Å². The average Bonchev–Trinajstić information content (AvgIpc) is 2.81. The van der Waals surface area contributed by atoms with Gasteiger partial charge in [0.1, 0.15) is 0 Å². The highest BCUT2D eigenvalue weighted by molar-refractivity contribution is 4.89. The first-order valence-electron chi connectivity index (χ1n) is 5.87. The van der Waals surface area contributed by atoms with E-state index in [-0.39, 0.29) is 0 Å². The van der Waals surface area contributed by atoms with Crippen molar-refractivity contribution in [3.8, 4) is 0 Å². The predicted octanol–water partition coefficient (Wildman–Crippen LogP) is 1.61. The molecule has 13 heavy (non-hydrogen) atoms. The molecule has 1 aliphatic carbocycles. The van der Waals surface area contributed by atoms with Gasteiger partial charge in [-0.1, -0.05) is 13.3 Å². The zero-order chi connectivity index (χ0) is 9.10. The van der Waals surface area contributed by atoms with Crippen LogP contribution in [0.5, 0.6) is 0 Å². The van der Waals surface area contributed by atoms with Gasteiger partial charge in [0.25, 0.3) is 0 Å². The van der Waals surface area contributed by atoms with Crippen molar-refractivity contribution in [2.24, 2.45) is 0 Å². The van der Waals surface area contributed by atoms with Crippen LogP contribution >= 0.6 is 0 Å². The minimum absolute atomic E-state index is 0.810. The molecule has 0 amide bonds. The van der Waals surface area contributed by atoms with E-state index in [1.165, 1.54) is 51.7 Å². The van der Waals surface area contributed by atoms with Crippen molar-refractivity contribution in [3.63, 3.8) is 0 Å². The van der Waals surface area contributed by atoms with Crippen LogP contribution in [0.2, 0.25) is 0 Å². The van der Waals surface area contributed by atoms with Gasteiger partial charge in [-0.05, 0) is 38.8 Å². The van der Waals surface area contributed by atoms with Crippen molar-refractivity contribution >= 4 is 0 Å². The number of nitrogens with zero attached hydrogens (tertiary/aromatic N) is 1. The molecule has 0 aromatic heterocycles. The van der Waals surface area contributed by atoms with Gasteiger partial charge in [-0.15, -0.1) is 0 Å². The van der Waals surface area contributed by atoms with Gasteiger partial charge in [-0.25, -0.2) is 0 Å². The Kier molecular flexibility index (Phi) is 3.23. The fourth-order valence-corrected chi connectivity index (χ4v) is 2.14. The number of unbranched alkanes of at least 4 members (excludes halogenated alkanes) is 1. The Balaban J connectivity index is 1.61. The molecule has 2 rings (SSSR count). The van der Waals surface area contributed by atoms with Crippen molar-refractivity contribution in [1.82, 2.24) is 10.2 Å². The SMILES string of the molecule is CCCCN1CCC(NC2CC2)C1. The molecule has 2 nitrogen and oxygen atoms in total. The summed E-state index contributed by atoms with van der Waals surface area (Å²) in [6.07, 6.45) is 6.92. The quantitative estimate of drug-likeness (QED) is 0.695. The van der Waals surface area contributed by atoms with Gasteiger partial charge < -0.3 is 10.2 Å². The lowest BCUT2D eigenvalue weighted by Crippen LogP contribution is -2.34. The third-order valence-electron chi connectivity index (χ3n) is 3.15. The monoisotopic (exact) mass is 182 g/mol. The van der Waals surface area contributed by atoms with E-state index < -0.39 is 0 Å². The summed E-state index contributed by atoms with van der Waals surface area (Å²) in [5.41, 5.74) is 0. The molecule has 0 spiro atoms. The van der Waals surface area contributed by atoms with E-state index in [1.54, 1.807) is 0 Å². The van der Waals surface area contributed by atoms with Gasteiger partial charge in [-0.2, -0.15) is 0 Å². The molecule has 1 saturated carbocycles. The molecule has 0 aromatic carbocycles. The zero-order valence-electron chi connectivity index (χ0n) is 8.76. The standard InChI is InChI=1S/C11H22N2/c1-2-3-7-13-8-6-11(9-13)12-10-4-5-10/h10-12H,2-9H2,1H3. The Morgan fingerprint density at radius 1 is 1.23 bits per heavy atom. The van der Waals surface area contributed by atoms with Crippen LogP contribution in [0.15, 0.2) is 0 Å². The van der Waals surface area contributed by atoms with E-state index in [0.717, 1.165) is 12.1 Å².